The zero-order valence-corrected chi connectivity index (χ0v) is 13.4. The topological polar surface area (TPSA) is 85.1 Å². The van der Waals surface area contributed by atoms with E-state index in [0.717, 1.165) is 0 Å². The zero-order valence-electron chi connectivity index (χ0n) is 11.8. The molecule has 0 aliphatic heterocycles. The summed E-state index contributed by atoms with van der Waals surface area (Å²) < 4.78 is 32.4. The molecule has 2 heterocycles. The maximum Gasteiger partial charge on any atom is 0.240 e. The first kappa shape index (κ1) is 15.7. The normalized spacial score (nSPS) is 11.5. The molecule has 0 aliphatic carbocycles. The van der Waals surface area contributed by atoms with Crippen molar-refractivity contribution in [3.8, 4) is 11.5 Å². The van der Waals surface area contributed by atoms with Crippen LogP contribution in [-0.4, -0.2) is 18.4 Å². The highest BCUT2D eigenvalue weighted by atomic mass is 35.5. The number of aromatic nitrogens is 2. The average Bonchev–Trinajstić information content (AvgIpc) is 3.08. The molecule has 0 spiro atoms. The van der Waals surface area contributed by atoms with Crippen molar-refractivity contribution in [1.82, 2.24) is 14.7 Å². The Balaban J connectivity index is 1.84. The van der Waals surface area contributed by atoms with Crippen LogP contribution in [0.15, 0.2) is 64.4 Å². The summed E-state index contributed by atoms with van der Waals surface area (Å²) in [6, 6.07) is 9.50. The molecule has 0 aliphatic rings. The lowest BCUT2D eigenvalue weighted by Gasteiger charge is -2.08. The van der Waals surface area contributed by atoms with Crippen LogP contribution in [0, 0.1) is 0 Å². The van der Waals surface area contributed by atoms with Gasteiger partial charge in [-0.1, -0.05) is 17.7 Å². The van der Waals surface area contributed by atoms with E-state index < -0.39 is 10.0 Å². The molecule has 23 heavy (non-hydrogen) atoms. The predicted molar refractivity (Wildman–Crippen MR) is 85.2 cm³/mol. The molecule has 0 radical (unpaired) electrons. The van der Waals surface area contributed by atoms with Crippen LogP contribution in [0.2, 0.25) is 5.02 Å². The van der Waals surface area contributed by atoms with Gasteiger partial charge in [0.25, 0.3) is 0 Å². The van der Waals surface area contributed by atoms with Crippen LogP contribution in [0.5, 0.6) is 0 Å². The second kappa shape index (κ2) is 6.49. The molecule has 0 unspecified atom stereocenters. The zero-order chi connectivity index (χ0) is 16.3. The third kappa shape index (κ3) is 3.58. The predicted octanol–water partition coefficient (Wildman–Crippen LogP) is 2.87. The van der Waals surface area contributed by atoms with Gasteiger partial charge >= 0.3 is 0 Å². The van der Waals surface area contributed by atoms with Gasteiger partial charge in [-0.3, -0.25) is 4.98 Å². The molecule has 1 aromatic carbocycles. The largest absolute Gasteiger partial charge is 0.463 e. The summed E-state index contributed by atoms with van der Waals surface area (Å²) in [5, 5.41) is 0.351. The van der Waals surface area contributed by atoms with Crippen molar-refractivity contribution in [2.45, 2.75) is 11.4 Å². The van der Waals surface area contributed by atoms with Gasteiger partial charge in [-0.25, -0.2) is 18.1 Å². The summed E-state index contributed by atoms with van der Waals surface area (Å²) in [5.74, 6) is 0.523. The smallest absolute Gasteiger partial charge is 0.240 e. The lowest BCUT2D eigenvalue weighted by atomic mass is 10.2. The Morgan fingerprint density at radius 2 is 1.96 bits per heavy atom. The van der Waals surface area contributed by atoms with Crippen molar-refractivity contribution in [3.05, 3.63) is 65.8 Å². The summed E-state index contributed by atoms with van der Waals surface area (Å²) in [6.07, 6.45) is 4.53. The Hall–Kier alpha value is -2.22. The van der Waals surface area contributed by atoms with Crippen molar-refractivity contribution >= 4 is 21.6 Å². The number of nitrogens with one attached hydrogen (secondary N) is 1. The fourth-order valence-electron chi connectivity index (χ4n) is 2.00. The summed E-state index contributed by atoms with van der Waals surface area (Å²) in [5.41, 5.74) is 0.958. The molecule has 0 amide bonds. The van der Waals surface area contributed by atoms with Crippen molar-refractivity contribution in [2.24, 2.45) is 0 Å². The first-order valence-corrected chi connectivity index (χ1v) is 8.51. The van der Waals surface area contributed by atoms with Gasteiger partial charge in [0.15, 0.2) is 5.76 Å². The lowest BCUT2D eigenvalue weighted by molar-refractivity contribution is 0.573. The van der Waals surface area contributed by atoms with E-state index in [9.17, 15) is 8.42 Å². The van der Waals surface area contributed by atoms with Crippen LogP contribution < -0.4 is 4.72 Å². The van der Waals surface area contributed by atoms with E-state index in [0.29, 0.717) is 22.2 Å². The van der Waals surface area contributed by atoms with Gasteiger partial charge in [-0.15, -0.1) is 0 Å². The monoisotopic (exact) mass is 349 g/mol. The number of hydrogen-bond acceptors (Lipinski definition) is 5. The second-order valence-corrected chi connectivity index (χ2v) is 6.81. The summed E-state index contributed by atoms with van der Waals surface area (Å²) >= 11 is 5.83. The number of sulfonamides is 1. The first-order valence-electron chi connectivity index (χ1n) is 6.65. The van der Waals surface area contributed by atoms with E-state index >= 15 is 0 Å². The van der Waals surface area contributed by atoms with Gasteiger partial charge in [0, 0.05) is 17.4 Å². The number of halogens is 1. The van der Waals surface area contributed by atoms with E-state index in [2.05, 4.69) is 14.7 Å². The molecule has 2 aromatic heterocycles. The van der Waals surface area contributed by atoms with E-state index in [1.54, 1.807) is 24.3 Å². The molecule has 6 nitrogen and oxygen atoms in total. The highest BCUT2D eigenvalue weighted by molar-refractivity contribution is 7.89. The molecule has 0 saturated heterocycles. The number of hydrogen-bond donors (Lipinski definition) is 1. The van der Waals surface area contributed by atoms with Crippen molar-refractivity contribution in [1.29, 1.82) is 0 Å². The van der Waals surface area contributed by atoms with Crippen LogP contribution in [0.4, 0.5) is 0 Å². The fourth-order valence-corrected chi connectivity index (χ4v) is 3.28. The standard InChI is InChI=1S/C15H12ClN3O3S/c16-11-3-1-4-12(9-11)23(20,21)19-10-13-15(18-7-6-17-13)14-5-2-8-22-14/h1-9,19H,10H2. The maximum atomic E-state index is 12.3. The molecule has 8 heteroatoms. The average molecular weight is 350 g/mol. The van der Waals surface area contributed by atoms with Crippen molar-refractivity contribution in [2.75, 3.05) is 0 Å². The summed E-state index contributed by atoms with van der Waals surface area (Å²) in [6.45, 7) is -0.0152. The van der Waals surface area contributed by atoms with E-state index in [4.69, 9.17) is 16.0 Å². The minimum atomic E-state index is -3.70. The van der Waals surface area contributed by atoms with E-state index in [1.165, 1.54) is 30.8 Å². The summed E-state index contributed by atoms with van der Waals surface area (Å²) in [7, 11) is -3.70. The maximum absolute atomic E-state index is 12.3. The second-order valence-electron chi connectivity index (χ2n) is 4.61. The van der Waals surface area contributed by atoms with Gasteiger partial charge in [0.1, 0.15) is 5.69 Å². The Labute approximate surface area is 138 Å². The first-order chi connectivity index (χ1) is 11.1. The molecule has 0 bridgehead atoms. The molecule has 1 N–H and O–H groups in total. The van der Waals surface area contributed by atoms with Gasteiger partial charge in [0.2, 0.25) is 10.0 Å². The molecule has 0 saturated carbocycles. The fraction of sp³-hybridized carbons (Fsp3) is 0.0667. The lowest BCUT2D eigenvalue weighted by Crippen LogP contribution is -2.24. The SMILES string of the molecule is O=S(=O)(NCc1nccnc1-c1ccco1)c1cccc(Cl)c1. The van der Waals surface area contributed by atoms with Crippen molar-refractivity contribution < 1.29 is 12.8 Å². The Morgan fingerprint density at radius 3 is 2.70 bits per heavy atom. The van der Waals surface area contributed by atoms with Gasteiger partial charge < -0.3 is 4.42 Å². The van der Waals surface area contributed by atoms with E-state index in [-0.39, 0.29) is 11.4 Å². The van der Waals surface area contributed by atoms with E-state index in [1.807, 2.05) is 0 Å². The number of nitrogens with zero attached hydrogens (tertiary/aromatic N) is 2. The van der Waals surface area contributed by atoms with Crippen LogP contribution >= 0.6 is 11.6 Å². The Morgan fingerprint density at radius 1 is 1.13 bits per heavy atom. The quantitative estimate of drug-likeness (QED) is 0.765. The minimum Gasteiger partial charge on any atom is -0.463 e. The molecule has 3 aromatic rings. The Bertz CT molecular complexity index is 911. The molecule has 118 valence electrons. The number of rotatable bonds is 5. The highest BCUT2D eigenvalue weighted by Gasteiger charge is 2.17. The van der Waals surface area contributed by atoms with Crippen LogP contribution in [0.25, 0.3) is 11.5 Å². The van der Waals surface area contributed by atoms with Crippen LogP contribution in [0.1, 0.15) is 5.69 Å². The summed E-state index contributed by atoms with van der Waals surface area (Å²) in [4.78, 5) is 8.46. The molecular formula is C15H12ClN3O3S. The van der Waals surface area contributed by atoms with Gasteiger partial charge in [-0.2, -0.15) is 0 Å². The minimum absolute atomic E-state index is 0.0152. The van der Waals surface area contributed by atoms with Crippen LogP contribution in [-0.2, 0) is 16.6 Å². The number of furan rings is 1. The van der Waals surface area contributed by atoms with Gasteiger partial charge in [0.05, 0.1) is 23.4 Å². The molecule has 0 fully saturated rings. The van der Waals surface area contributed by atoms with Crippen LogP contribution in [0.3, 0.4) is 0 Å². The third-order valence-corrected chi connectivity index (χ3v) is 4.70. The third-order valence-electron chi connectivity index (χ3n) is 3.06. The van der Waals surface area contributed by atoms with Gasteiger partial charge in [-0.05, 0) is 30.3 Å². The number of benzene rings is 1. The molecule has 0 atom stereocenters. The molecular weight excluding hydrogens is 338 g/mol. The highest BCUT2D eigenvalue weighted by Crippen LogP contribution is 2.21. The Kier molecular flexibility index (Phi) is 4.42. The van der Waals surface area contributed by atoms with Crippen molar-refractivity contribution in [3.63, 3.8) is 0 Å². The molecule has 3 rings (SSSR count).